The first-order valence-corrected chi connectivity index (χ1v) is 8.23. The summed E-state index contributed by atoms with van der Waals surface area (Å²) in [5, 5.41) is 4.64. The lowest BCUT2D eigenvalue weighted by atomic mass is 9.77. The molecule has 0 radical (unpaired) electrons. The minimum absolute atomic E-state index is 0.105. The number of halogens is 2. The molecule has 3 rings (SSSR count). The average Bonchev–Trinajstić information content (AvgIpc) is 2.83. The minimum atomic E-state index is -0.138. The van der Waals surface area contributed by atoms with Gasteiger partial charge in [-0.15, -0.1) is 0 Å². The first-order valence-electron chi connectivity index (χ1n) is 7.47. The van der Waals surface area contributed by atoms with E-state index in [1.807, 2.05) is 25.1 Å². The number of ether oxygens (including phenoxy) is 1. The molecular formula is C16H19Cl2NO2. The third kappa shape index (κ3) is 2.92. The Balaban J connectivity index is 1.93. The zero-order chi connectivity index (χ0) is 15.0. The Hall–Kier alpha value is -0.770. The van der Waals surface area contributed by atoms with E-state index in [2.05, 4.69) is 5.32 Å². The standard InChI is InChI=1S/C16H19Cl2NO2/c1-2-21-16(20)15-11(8-10-4-6-14(15)19-10)9-3-5-12(17)13(18)7-9/h3,5,7,10-11,14-15,19H,2,4,6,8H2,1H3. The molecule has 1 N–H and O–H groups in total. The van der Waals surface area contributed by atoms with Crippen LogP contribution in [-0.4, -0.2) is 24.7 Å². The fourth-order valence-electron chi connectivity index (χ4n) is 3.71. The van der Waals surface area contributed by atoms with Crippen molar-refractivity contribution in [3.8, 4) is 0 Å². The van der Waals surface area contributed by atoms with E-state index in [9.17, 15) is 4.79 Å². The number of nitrogens with one attached hydrogen (secondary N) is 1. The van der Waals surface area contributed by atoms with E-state index in [0.717, 1.165) is 24.8 Å². The molecule has 4 atom stereocenters. The molecule has 4 unspecified atom stereocenters. The summed E-state index contributed by atoms with van der Waals surface area (Å²) in [5.41, 5.74) is 1.08. The van der Waals surface area contributed by atoms with Crippen molar-refractivity contribution in [3.63, 3.8) is 0 Å². The van der Waals surface area contributed by atoms with Gasteiger partial charge in [0.05, 0.1) is 22.6 Å². The predicted molar refractivity (Wildman–Crippen MR) is 83.9 cm³/mol. The summed E-state index contributed by atoms with van der Waals surface area (Å²) in [5.74, 6) is -0.0927. The van der Waals surface area contributed by atoms with Crippen LogP contribution >= 0.6 is 23.2 Å². The maximum Gasteiger partial charge on any atom is 0.311 e. The minimum Gasteiger partial charge on any atom is -0.466 e. The van der Waals surface area contributed by atoms with Crippen LogP contribution in [0.25, 0.3) is 0 Å². The number of carbonyl (C=O) groups excluding carboxylic acids is 1. The van der Waals surface area contributed by atoms with Crippen LogP contribution in [0.1, 0.15) is 37.7 Å². The number of benzene rings is 1. The van der Waals surface area contributed by atoms with Gasteiger partial charge in [0.25, 0.3) is 0 Å². The number of rotatable bonds is 3. The second-order valence-corrected chi connectivity index (χ2v) is 6.66. The smallest absolute Gasteiger partial charge is 0.311 e. The summed E-state index contributed by atoms with van der Waals surface area (Å²) < 4.78 is 5.30. The molecule has 1 aromatic carbocycles. The zero-order valence-electron chi connectivity index (χ0n) is 11.9. The van der Waals surface area contributed by atoms with Gasteiger partial charge in [0.2, 0.25) is 0 Å². The lowest BCUT2D eigenvalue weighted by Gasteiger charge is -2.36. The fourth-order valence-corrected chi connectivity index (χ4v) is 4.01. The SMILES string of the molecule is CCOC(=O)C1C2CCC(CC1c1ccc(Cl)c(Cl)c1)N2. The van der Waals surface area contributed by atoms with E-state index in [-0.39, 0.29) is 23.8 Å². The lowest BCUT2D eigenvalue weighted by molar-refractivity contribution is -0.150. The van der Waals surface area contributed by atoms with E-state index in [0.29, 0.717) is 22.7 Å². The highest BCUT2D eigenvalue weighted by atomic mass is 35.5. The molecule has 0 saturated carbocycles. The topological polar surface area (TPSA) is 38.3 Å². The van der Waals surface area contributed by atoms with Crippen LogP contribution in [0.3, 0.4) is 0 Å². The fraction of sp³-hybridized carbons (Fsp3) is 0.562. The molecule has 0 aliphatic carbocycles. The first-order chi connectivity index (χ1) is 10.1. The third-order valence-corrected chi connectivity index (χ3v) is 5.35. The van der Waals surface area contributed by atoms with Crippen molar-refractivity contribution in [1.29, 1.82) is 0 Å². The van der Waals surface area contributed by atoms with Crippen LogP contribution in [0.4, 0.5) is 0 Å². The Kier molecular flexibility index (Phi) is 4.43. The van der Waals surface area contributed by atoms with Crippen LogP contribution in [0, 0.1) is 5.92 Å². The molecule has 2 saturated heterocycles. The third-order valence-electron chi connectivity index (χ3n) is 4.61. The average molecular weight is 328 g/mol. The molecule has 3 nitrogen and oxygen atoms in total. The van der Waals surface area contributed by atoms with Crippen molar-refractivity contribution in [2.45, 2.75) is 44.2 Å². The summed E-state index contributed by atoms with van der Waals surface area (Å²) in [7, 11) is 0. The summed E-state index contributed by atoms with van der Waals surface area (Å²) in [6.07, 6.45) is 3.10. The van der Waals surface area contributed by atoms with Gasteiger partial charge >= 0.3 is 5.97 Å². The van der Waals surface area contributed by atoms with E-state index >= 15 is 0 Å². The highest BCUT2D eigenvalue weighted by Crippen LogP contribution is 2.43. The quantitative estimate of drug-likeness (QED) is 0.858. The van der Waals surface area contributed by atoms with Crippen molar-refractivity contribution < 1.29 is 9.53 Å². The molecular weight excluding hydrogens is 309 g/mol. The lowest BCUT2D eigenvalue weighted by Crippen LogP contribution is -2.48. The van der Waals surface area contributed by atoms with Gasteiger partial charge in [-0.3, -0.25) is 4.79 Å². The Bertz CT molecular complexity index is 549. The van der Waals surface area contributed by atoms with Gasteiger partial charge in [0.1, 0.15) is 0 Å². The molecule has 2 fully saturated rings. The van der Waals surface area contributed by atoms with E-state index in [1.54, 1.807) is 0 Å². The van der Waals surface area contributed by atoms with Crippen molar-refractivity contribution >= 4 is 29.2 Å². The van der Waals surface area contributed by atoms with Crippen molar-refractivity contribution in [1.82, 2.24) is 5.32 Å². The van der Waals surface area contributed by atoms with Gasteiger partial charge in [-0.25, -0.2) is 0 Å². The molecule has 0 spiro atoms. The van der Waals surface area contributed by atoms with Crippen molar-refractivity contribution in [2.75, 3.05) is 6.61 Å². The first kappa shape index (κ1) is 15.1. The summed E-state index contributed by atoms with van der Waals surface area (Å²) in [4.78, 5) is 12.4. The van der Waals surface area contributed by atoms with Crippen molar-refractivity contribution in [2.24, 2.45) is 5.92 Å². The Morgan fingerprint density at radius 1 is 1.33 bits per heavy atom. The number of piperidine rings is 1. The second-order valence-electron chi connectivity index (χ2n) is 5.84. The molecule has 2 aliphatic rings. The van der Waals surface area contributed by atoms with Gasteiger partial charge in [0, 0.05) is 18.0 Å². The predicted octanol–water partition coefficient (Wildman–Crippen LogP) is 3.78. The molecule has 0 amide bonds. The normalized spacial score (nSPS) is 31.2. The molecule has 21 heavy (non-hydrogen) atoms. The summed E-state index contributed by atoms with van der Waals surface area (Å²) in [6.45, 7) is 2.26. The number of carbonyl (C=O) groups is 1. The van der Waals surface area contributed by atoms with Gasteiger partial charge in [-0.2, -0.15) is 0 Å². The zero-order valence-corrected chi connectivity index (χ0v) is 13.5. The summed E-state index contributed by atoms with van der Waals surface area (Å²) >= 11 is 12.1. The maximum absolute atomic E-state index is 12.4. The highest BCUT2D eigenvalue weighted by molar-refractivity contribution is 6.42. The number of fused-ring (bicyclic) bond motifs is 2. The van der Waals surface area contributed by atoms with Crippen LogP contribution in [0.2, 0.25) is 10.0 Å². The molecule has 2 aliphatic heterocycles. The number of hydrogen-bond acceptors (Lipinski definition) is 3. The van der Waals surface area contributed by atoms with Crippen LogP contribution < -0.4 is 5.32 Å². The number of hydrogen-bond donors (Lipinski definition) is 1. The van der Waals surface area contributed by atoms with Crippen LogP contribution in [0.15, 0.2) is 18.2 Å². The van der Waals surface area contributed by atoms with Gasteiger partial charge < -0.3 is 10.1 Å². The van der Waals surface area contributed by atoms with Gasteiger partial charge in [0.15, 0.2) is 0 Å². The molecule has 114 valence electrons. The summed E-state index contributed by atoms with van der Waals surface area (Å²) in [6, 6.07) is 6.38. The largest absolute Gasteiger partial charge is 0.466 e. The monoisotopic (exact) mass is 327 g/mol. The van der Waals surface area contributed by atoms with Gasteiger partial charge in [-0.05, 0) is 43.9 Å². The van der Waals surface area contributed by atoms with E-state index in [4.69, 9.17) is 27.9 Å². The van der Waals surface area contributed by atoms with E-state index in [1.165, 1.54) is 0 Å². The number of esters is 1. The van der Waals surface area contributed by atoms with E-state index < -0.39 is 0 Å². The Labute approximate surface area is 135 Å². The molecule has 1 aromatic rings. The second kappa shape index (κ2) is 6.15. The molecule has 5 heteroatoms. The van der Waals surface area contributed by atoms with Crippen molar-refractivity contribution in [3.05, 3.63) is 33.8 Å². The Morgan fingerprint density at radius 3 is 2.86 bits per heavy atom. The molecule has 2 bridgehead atoms. The molecule has 0 aromatic heterocycles. The Morgan fingerprint density at radius 2 is 2.14 bits per heavy atom. The van der Waals surface area contributed by atoms with Gasteiger partial charge in [-0.1, -0.05) is 29.3 Å². The highest BCUT2D eigenvalue weighted by Gasteiger charge is 2.46. The van der Waals surface area contributed by atoms with Crippen LogP contribution in [0.5, 0.6) is 0 Å². The maximum atomic E-state index is 12.4. The molecule has 2 heterocycles. The van der Waals surface area contributed by atoms with Crippen LogP contribution in [-0.2, 0) is 9.53 Å².